The summed E-state index contributed by atoms with van der Waals surface area (Å²) in [5.41, 5.74) is 2.49. The predicted molar refractivity (Wildman–Crippen MR) is 70.9 cm³/mol. The summed E-state index contributed by atoms with van der Waals surface area (Å²) < 4.78 is 15.8. The maximum atomic E-state index is 11.5. The van der Waals surface area contributed by atoms with Crippen LogP contribution in [0.1, 0.15) is 16.8 Å². The number of hydrogen-bond donors (Lipinski definition) is 2. The highest BCUT2D eigenvalue weighted by molar-refractivity contribution is 5.96. The predicted octanol–water partition coefficient (Wildman–Crippen LogP) is 0.722. The molecule has 0 atom stereocenters. The smallest absolute Gasteiger partial charge is 0.268 e. The molecule has 0 aliphatic carbocycles. The van der Waals surface area contributed by atoms with Crippen LogP contribution in [0.2, 0.25) is 0 Å². The first-order valence-electron chi connectivity index (χ1n) is 6.09. The fourth-order valence-corrected chi connectivity index (χ4v) is 1.48. The Morgan fingerprint density at radius 2 is 2.00 bits per heavy atom. The number of methoxy groups -OCH3 is 1. The zero-order valence-electron chi connectivity index (χ0n) is 11.1. The Morgan fingerprint density at radius 3 is 2.74 bits per heavy atom. The van der Waals surface area contributed by atoms with Gasteiger partial charge in [0.25, 0.3) is 5.91 Å². The molecule has 1 aromatic rings. The van der Waals surface area contributed by atoms with Crippen LogP contribution >= 0.6 is 0 Å². The Hall–Kier alpha value is -1.63. The van der Waals surface area contributed by atoms with E-state index < -0.39 is 0 Å². The van der Waals surface area contributed by atoms with Crippen LogP contribution in [0, 0.1) is 0 Å². The number of nitrogen functional groups attached to an aromatic ring is 1. The van der Waals surface area contributed by atoms with E-state index in [1.54, 1.807) is 31.4 Å². The first-order chi connectivity index (χ1) is 9.29. The van der Waals surface area contributed by atoms with Crippen LogP contribution in [0.4, 0.5) is 0 Å². The van der Waals surface area contributed by atoms with Crippen molar-refractivity contribution in [2.45, 2.75) is 6.42 Å². The molecule has 1 rings (SSSR count). The van der Waals surface area contributed by atoms with Gasteiger partial charge in [0.15, 0.2) is 0 Å². The first-order valence-corrected chi connectivity index (χ1v) is 6.09. The lowest BCUT2D eigenvalue weighted by molar-refractivity contribution is 0.0796. The molecular formula is C13H20N2O4. The fourth-order valence-electron chi connectivity index (χ4n) is 1.48. The maximum Gasteiger partial charge on any atom is 0.268 e. The molecule has 0 radical (unpaired) electrons. The van der Waals surface area contributed by atoms with Crippen LogP contribution in [0.15, 0.2) is 24.3 Å². The van der Waals surface area contributed by atoms with E-state index >= 15 is 0 Å². The SMILES string of the molecule is COCCCOCCOc1ccccc1C(=O)NN. The molecule has 0 unspecified atom stereocenters. The molecule has 0 aliphatic rings. The molecule has 0 aromatic heterocycles. The molecule has 106 valence electrons. The van der Waals surface area contributed by atoms with Gasteiger partial charge in [0.2, 0.25) is 0 Å². The van der Waals surface area contributed by atoms with Gasteiger partial charge in [-0.1, -0.05) is 12.1 Å². The quantitative estimate of drug-likeness (QED) is 0.298. The summed E-state index contributed by atoms with van der Waals surface area (Å²) in [5.74, 6) is 5.22. The Morgan fingerprint density at radius 1 is 1.21 bits per heavy atom. The van der Waals surface area contributed by atoms with E-state index in [4.69, 9.17) is 20.1 Å². The highest BCUT2D eigenvalue weighted by Gasteiger charge is 2.09. The number of carbonyl (C=O) groups is 1. The number of carbonyl (C=O) groups excluding carboxylic acids is 1. The standard InChI is InChI=1S/C13H20N2O4/c1-17-7-4-8-18-9-10-19-12-6-3-2-5-11(12)13(16)15-14/h2-3,5-6H,4,7-10,14H2,1H3,(H,15,16). The summed E-state index contributed by atoms with van der Waals surface area (Å²) in [6.07, 6.45) is 0.850. The van der Waals surface area contributed by atoms with Crippen molar-refractivity contribution in [3.8, 4) is 5.75 Å². The Labute approximate surface area is 112 Å². The number of para-hydroxylation sites is 1. The van der Waals surface area contributed by atoms with Gasteiger partial charge in [-0.2, -0.15) is 0 Å². The molecule has 0 fully saturated rings. The second-order valence-electron chi connectivity index (χ2n) is 3.78. The maximum absolute atomic E-state index is 11.5. The highest BCUT2D eigenvalue weighted by atomic mass is 16.5. The topological polar surface area (TPSA) is 82.8 Å². The molecule has 0 heterocycles. The normalized spacial score (nSPS) is 10.2. The molecular weight excluding hydrogens is 248 g/mol. The second-order valence-corrected chi connectivity index (χ2v) is 3.78. The highest BCUT2D eigenvalue weighted by Crippen LogP contribution is 2.17. The van der Waals surface area contributed by atoms with Crippen molar-refractivity contribution in [2.75, 3.05) is 33.5 Å². The number of amides is 1. The minimum Gasteiger partial charge on any atom is -0.490 e. The monoisotopic (exact) mass is 268 g/mol. The third kappa shape index (κ3) is 5.69. The third-order valence-electron chi connectivity index (χ3n) is 2.39. The van der Waals surface area contributed by atoms with Gasteiger partial charge in [-0.05, 0) is 18.6 Å². The number of hydrogen-bond acceptors (Lipinski definition) is 5. The molecule has 0 saturated carbocycles. The van der Waals surface area contributed by atoms with Crippen molar-refractivity contribution >= 4 is 5.91 Å². The summed E-state index contributed by atoms with van der Waals surface area (Å²) in [7, 11) is 1.66. The third-order valence-corrected chi connectivity index (χ3v) is 2.39. The van der Waals surface area contributed by atoms with Gasteiger partial charge in [0, 0.05) is 20.3 Å². The van der Waals surface area contributed by atoms with E-state index in [1.807, 2.05) is 0 Å². The summed E-state index contributed by atoms with van der Waals surface area (Å²) in [6, 6.07) is 6.91. The number of rotatable bonds is 9. The van der Waals surface area contributed by atoms with Crippen LogP contribution in [-0.2, 0) is 9.47 Å². The average Bonchev–Trinajstić information content (AvgIpc) is 2.46. The fraction of sp³-hybridized carbons (Fsp3) is 0.462. The molecule has 6 nitrogen and oxygen atoms in total. The van der Waals surface area contributed by atoms with Crippen molar-refractivity contribution in [3.63, 3.8) is 0 Å². The van der Waals surface area contributed by atoms with E-state index in [0.717, 1.165) is 6.42 Å². The van der Waals surface area contributed by atoms with Gasteiger partial charge in [-0.3, -0.25) is 10.2 Å². The molecule has 3 N–H and O–H groups in total. The van der Waals surface area contributed by atoms with Crippen LogP contribution in [0.25, 0.3) is 0 Å². The molecule has 0 aliphatic heterocycles. The van der Waals surface area contributed by atoms with Crippen molar-refractivity contribution < 1.29 is 19.0 Å². The van der Waals surface area contributed by atoms with E-state index in [0.29, 0.717) is 37.7 Å². The summed E-state index contributed by atoms with van der Waals surface area (Å²) in [5, 5.41) is 0. The van der Waals surface area contributed by atoms with Gasteiger partial charge in [-0.15, -0.1) is 0 Å². The van der Waals surface area contributed by atoms with Gasteiger partial charge in [0.1, 0.15) is 12.4 Å². The first kappa shape index (κ1) is 15.4. The molecule has 0 bridgehead atoms. The van der Waals surface area contributed by atoms with E-state index in [2.05, 4.69) is 5.43 Å². The number of hydrazine groups is 1. The van der Waals surface area contributed by atoms with E-state index in [-0.39, 0.29) is 5.91 Å². The molecule has 6 heteroatoms. The van der Waals surface area contributed by atoms with Crippen molar-refractivity contribution in [1.82, 2.24) is 5.43 Å². The van der Waals surface area contributed by atoms with Crippen LogP contribution in [-0.4, -0.2) is 39.4 Å². The minimum atomic E-state index is -0.378. The average molecular weight is 268 g/mol. The van der Waals surface area contributed by atoms with Crippen LogP contribution in [0.3, 0.4) is 0 Å². The number of nitrogens with one attached hydrogen (secondary N) is 1. The zero-order valence-corrected chi connectivity index (χ0v) is 11.1. The molecule has 0 saturated heterocycles. The molecule has 0 spiro atoms. The van der Waals surface area contributed by atoms with Gasteiger partial charge >= 0.3 is 0 Å². The largest absolute Gasteiger partial charge is 0.490 e. The van der Waals surface area contributed by atoms with Gasteiger partial charge in [-0.25, -0.2) is 5.84 Å². The van der Waals surface area contributed by atoms with Crippen molar-refractivity contribution in [2.24, 2.45) is 5.84 Å². The lowest BCUT2D eigenvalue weighted by Crippen LogP contribution is -2.30. The summed E-state index contributed by atoms with van der Waals surface area (Å²) >= 11 is 0. The second kappa shape index (κ2) is 9.32. The number of nitrogens with two attached hydrogens (primary N) is 1. The summed E-state index contributed by atoms with van der Waals surface area (Å²) in [4.78, 5) is 11.5. The van der Waals surface area contributed by atoms with Gasteiger partial charge in [0.05, 0.1) is 12.2 Å². The molecule has 1 amide bonds. The Balaban J connectivity index is 2.31. The van der Waals surface area contributed by atoms with Crippen molar-refractivity contribution in [3.05, 3.63) is 29.8 Å². The minimum absolute atomic E-state index is 0.377. The van der Waals surface area contributed by atoms with E-state index in [9.17, 15) is 4.79 Å². The van der Waals surface area contributed by atoms with Gasteiger partial charge < -0.3 is 14.2 Å². The van der Waals surface area contributed by atoms with Crippen LogP contribution in [0.5, 0.6) is 5.75 Å². The lowest BCUT2D eigenvalue weighted by Gasteiger charge is -2.10. The number of ether oxygens (including phenoxy) is 3. The van der Waals surface area contributed by atoms with Crippen LogP contribution < -0.4 is 16.0 Å². The Bertz CT molecular complexity index is 385. The number of benzene rings is 1. The molecule has 1 aromatic carbocycles. The Kier molecular flexibility index (Phi) is 7.57. The van der Waals surface area contributed by atoms with Crippen molar-refractivity contribution in [1.29, 1.82) is 0 Å². The molecule has 19 heavy (non-hydrogen) atoms. The van der Waals surface area contributed by atoms with E-state index in [1.165, 1.54) is 0 Å². The summed E-state index contributed by atoms with van der Waals surface area (Å²) in [6.45, 7) is 2.15. The zero-order chi connectivity index (χ0) is 13.9. The lowest BCUT2D eigenvalue weighted by atomic mass is 10.2.